The summed E-state index contributed by atoms with van der Waals surface area (Å²) in [5, 5.41) is 5.20. The summed E-state index contributed by atoms with van der Waals surface area (Å²) in [5.41, 5.74) is 1.13. The predicted molar refractivity (Wildman–Crippen MR) is 95.5 cm³/mol. The van der Waals surface area contributed by atoms with Crippen molar-refractivity contribution in [1.29, 1.82) is 0 Å². The van der Waals surface area contributed by atoms with Crippen molar-refractivity contribution >= 4 is 23.4 Å². The molecule has 140 valence electrons. The number of hydrogen-bond donors (Lipinski definition) is 2. The second-order valence-electron chi connectivity index (χ2n) is 6.13. The molecule has 0 fully saturated rings. The molecule has 1 aromatic heterocycles. The van der Waals surface area contributed by atoms with E-state index < -0.39 is 11.7 Å². The third kappa shape index (κ3) is 5.05. The maximum Gasteiger partial charge on any atom is 0.273 e. The van der Waals surface area contributed by atoms with Crippen LogP contribution in [-0.2, 0) is 17.9 Å². The van der Waals surface area contributed by atoms with Gasteiger partial charge < -0.3 is 15.1 Å². The quantitative estimate of drug-likeness (QED) is 0.722. The first-order valence-electron chi connectivity index (χ1n) is 8.17. The highest BCUT2D eigenvalue weighted by atomic mass is 35.5. The minimum Gasteiger partial charge on any atom is -0.445 e. The zero-order valence-electron chi connectivity index (χ0n) is 14.9. The number of rotatable bonds is 7. The van der Waals surface area contributed by atoms with E-state index in [9.17, 15) is 14.0 Å². The number of hydrogen-bond acceptors (Lipinski definition) is 4. The molecule has 2 amide bonds. The smallest absolute Gasteiger partial charge is 0.273 e. The van der Waals surface area contributed by atoms with Crippen LogP contribution in [0.4, 0.5) is 4.39 Å². The van der Waals surface area contributed by atoms with Crippen LogP contribution in [-0.4, -0.2) is 22.7 Å². The highest BCUT2D eigenvalue weighted by molar-refractivity contribution is 6.27. The van der Waals surface area contributed by atoms with Crippen molar-refractivity contribution in [3.63, 3.8) is 0 Å². The summed E-state index contributed by atoms with van der Waals surface area (Å²) in [6.07, 6.45) is 0. The fraction of sp³-hybridized carbons (Fsp3) is 0.389. The number of aromatic nitrogens is 1. The lowest BCUT2D eigenvalue weighted by atomic mass is 10.1. The van der Waals surface area contributed by atoms with E-state index in [1.807, 2.05) is 13.8 Å². The van der Waals surface area contributed by atoms with E-state index in [0.717, 1.165) is 0 Å². The van der Waals surface area contributed by atoms with Gasteiger partial charge in [-0.25, -0.2) is 9.37 Å². The van der Waals surface area contributed by atoms with Crippen LogP contribution in [0.15, 0.2) is 22.6 Å². The van der Waals surface area contributed by atoms with E-state index in [2.05, 4.69) is 15.6 Å². The Hall–Kier alpha value is -2.41. The van der Waals surface area contributed by atoms with Crippen molar-refractivity contribution in [1.82, 2.24) is 15.6 Å². The first-order valence-corrected chi connectivity index (χ1v) is 8.70. The standard InChI is InChI=1S/C18H21ClFN3O3/c1-10(2)18-23-16(11(3)26-18)17(25)22-9-13-5-4-12(6-14(13)20)8-21-15(24)7-19/h4-6,10H,7-9H2,1-3H3,(H,21,24)(H,22,25). The van der Waals surface area contributed by atoms with E-state index in [-0.39, 0.29) is 36.5 Å². The van der Waals surface area contributed by atoms with Crippen molar-refractivity contribution in [2.24, 2.45) is 0 Å². The lowest BCUT2D eigenvalue weighted by Crippen LogP contribution is -2.25. The molecule has 2 aromatic rings. The van der Waals surface area contributed by atoms with Gasteiger partial charge in [-0.05, 0) is 18.6 Å². The van der Waals surface area contributed by atoms with Crippen molar-refractivity contribution < 1.29 is 18.4 Å². The lowest BCUT2D eigenvalue weighted by Gasteiger charge is -2.08. The van der Waals surface area contributed by atoms with Crippen molar-refractivity contribution in [3.8, 4) is 0 Å². The van der Waals surface area contributed by atoms with Gasteiger partial charge in [0.2, 0.25) is 5.91 Å². The van der Waals surface area contributed by atoms with Gasteiger partial charge in [0.05, 0.1) is 0 Å². The van der Waals surface area contributed by atoms with Crippen molar-refractivity contribution in [2.75, 3.05) is 5.88 Å². The Balaban J connectivity index is 1.98. The molecule has 0 aliphatic heterocycles. The fourth-order valence-electron chi connectivity index (χ4n) is 2.23. The number of alkyl halides is 1. The first-order chi connectivity index (χ1) is 12.3. The minimum atomic E-state index is -0.470. The third-order valence-corrected chi connectivity index (χ3v) is 3.93. The van der Waals surface area contributed by atoms with Gasteiger partial charge in [0, 0.05) is 24.6 Å². The summed E-state index contributed by atoms with van der Waals surface area (Å²) >= 11 is 5.39. The van der Waals surface area contributed by atoms with Gasteiger partial charge in [-0.1, -0.05) is 26.0 Å². The summed E-state index contributed by atoms with van der Waals surface area (Å²) in [6, 6.07) is 4.55. The minimum absolute atomic E-state index is 0.0162. The van der Waals surface area contributed by atoms with Crippen LogP contribution < -0.4 is 10.6 Å². The molecule has 0 unspecified atom stereocenters. The highest BCUT2D eigenvalue weighted by Gasteiger charge is 2.18. The number of oxazole rings is 1. The van der Waals surface area contributed by atoms with E-state index in [4.69, 9.17) is 16.0 Å². The molecular formula is C18H21ClFN3O3. The molecule has 26 heavy (non-hydrogen) atoms. The predicted octanol–water partition coefficient (Wildman–Crippen LogP) is 3.03. The van der Waals surface area contributed by atoms with E-state index in [1.54, 1.807) is 19.1 Å². The average Bonchev–Trinajstić information content (AvgIpc) is 3.00. The SMILES string of the molecule is Cc1oc(C(C)C)nc1C(=O)NCc1ccc(CNC(=O)CCl)cc1F. The first kappa shape index (κ1) is 19.9. The molecule has 2 N–H and O–H groups in total. The van der Waals surface area contributed by atoms with Gasteiger partial charge in [0.25, 0.3) is 5.91 Å². The Bertz CT molecular complexity index is 805. The summed E-state index contributed by atoms with van der Waals surface area (Å²) in [7, 11) is 0. The highest BCUT2D eigenvalue weighted by Crippen LogP contribution is 2.18. The summed E-state index contributed by atoms with van der Waals surface area (Å²) in [4.78, 5) is 27.6. The number of amides is 2. The Kier molecular flexibility index (Phi) is 6.74. The molecular weight excluding hydrogens is 361 g/mol. The molecule has 0 atom stereocenters. The van der Waals surface area contributed by atoms with Crippen LogP contribution in [0.5, 0.6) is 0 Å². The molecule has 0 saturated heterocycles. The molecule has 0 bridgehead atoms. The molecule has 0 aliphatic carbocycles. The van der Waals surface area contributed by atoms with Crippen LogP contribution in [0.1, 0.15) is 53.0 Å². The zero-order chi connectivity index (χ0) is 19.3. The van der Waals surface area contributed by atoms with Gasteiger partial charge >= 0.3 is 0 Å². The number of carbonyl (C=O) groups is 2. The largest absolute Gasteiger partial charge is 0.445 e. The fourth-order valence-corrected chi connectivity index (χ4v) is 2.32. The Morgan fingerprint density at radius 2 is 2.00 bits per heavy atom. The number of benzene rings is 1. The Morgan fingerprint density at radius 1 is 1.27 bits per heavy atom. The molecule has 0 spiro atoms. The molecule has 0 saturated carbocycles. The molecule has 1 heterocycles. The van der Waals surface area contributed by atoms with Gasteiger partial charge in [-0.2, -0.15) is 0 Å². The Labute approximate surface area is 156 Å². The van der Waals surface area contributed by atoms with Crippen LogP contribution in [0, 0.1) is 12.7 Å². The molecule has 0 aliphatic rings. The second-order valence-corrected chi connectivity index (χ2v) is 6.40. The lowest BCUT2D eigenvalue weighted by molar-refractivity contribution is -0.118. The van der Waals surface area contributed by atoms with E-state index in [0.29, 0.717) is 22.8 Å². The van der Waals surface area contributed by atoms with E-state index in [1.165, 1.54) is 6.07 Å². The van der Waals surface area contributed by atoms with Crippen LogP contribution in [0.3, 0.4) is 0 Å². The number of halogens is 2. The van der Waals surface area contributed by atoms with Gasteiger partial charge in [0.15, 0.2) is 11.6 Å². The Morgan fingerprint density at radius 3 is 2.58 bits per heavy atom. The van der Waals surface area contributed by atoms with Crippen LogP contribution in [0.25, 0.3) is 0 Å². The van der Waals surface area contributed by atoms with Gasteiger partial charge in [-0.3, -0.25) is 9.59 Å². The number of aryl methyl sites for hydroxylation is 1. The van der Waals surface area contributed by atoms with Gasteiger partial charge in [0.1, 0.15) is 17.5 Å². The number of carbonyl (C=O) groups excluding carboxylic acids is 2. The summed E-state index contributed by atoms with van der Waals surface area (Å²) in [6.45, 7) is 5.70. The molecule has 1 aromatic carbocycles. The number of nitrogens with zero attached hydrogens (tertiary/aromatic N) is 1. The number of nitrogens with one attached hydrogen (secondary N) is 2. The van der Waals surface area contributed by atoms with Gasteiger partial charge in [-0.15, -0.1) is 11.6 Å². The summed E-state index contributed by atoms with van der Waals surface area (Å²) in [5.74, 6) is -0.378. The van der Waals surface area contributed by atoms with Crippen LogP contribution >= 0.6 is 11.6 Å². The average molecular weight is 382 g/mol. The monoisotopic (exact) mass is 381 g/mol. The van der Waals surface area contributed by atoms with E-state index >= 15 is 0 Å². The molecule has 2 rings (SSSR count). The molecule has 0 radical (unpaired) electrons. The maximum atomic E-state index is 14.2. The maximum absolute atomic E-state index is 14.2. The third-order valence-electron chi connectivity index (χ3n) is 3.69. The van der Waals surface area contributed by atoms with Crippen molar-refractivity contribution in [2.45, 2.75) is 39.8 Å². The zero-order valence-corrected chi connectivity index (χ0v) is 15.6. The van der Waals surface area contributed by atoms with Crippen LogP contribution in [0.2, 0.25) is 0 Å². The summed E-state index contributed by atoms with van der Waals surface area (Å²) < 4.78 is 19.6. The molecule has 8 heteroatoms. The second kappa shape index (κ2) is 8.80. The molecule has 6 nitrogen and oxygen atoms in total. The topological polar surface area (TPSA) is 84.2 Å². The van der Waals surface area contributed by atoms with Crippen molar-refractivity contribution in [3.05, 3.63) is 52.5 Å². The normalized spacial score (nSPS) is 10.8.